The minimum Gasteiger partial charge on any atom is -0.461 e. The van der Waals surface area contributed by atoms with Crippen molar-refractivity contribution in [3.8, 4) is 0 Å². The molecule has 0 aromatic rings. The summed E-state index contributed by atoms with van der Waals surface area (Å²) < 4.78 is 5.10. The maximum atomic E-state index is 11.3. The van der Waals surface area contributed by atoms with Crippen molar-refractivity contribution >= 4 is 5.97 Å². The summed E-state index contributed by atoms with van der Waals surface area (Å²) in [7, 11) is 0. The zero-order chi connectivity index (χ0) is 11.1. The first-order chi connectivity index (χ1) is 7.18. The van der Waals surface area contributed by atoms with Gasteiger partial charge in [-0.05, 0) is 32.3 Å². The van der Waals surface area contributed by atoms with E-state index < -0.39 is 0 Å². The second-order valence-corrected chi connectivity index (χ2v) is 4.65. The van der Waals surface area contributed by atoms with Crippen molar-refractivity contribution in [1.82, 2.24) is 0 Å². The smallest absolute Gasteiger partial charge is 0.306 e. The summed E-state index contributed by atoms with van der Waals surface area (Å²) in [5, 5.41) is 0. The van der Waals surface area contributed by atoms with Crippen LogP contribution in [0.5, 0.6) is 0 Å². The molecule has 0 aliphatic heterocycles. The Kier molecular flexibility index (Phi) is 5.44. The van der Waals surface area contributed by atoms with E-state index in [0.717, 1.165) is 12.3 Å². The number of ether oxygens (including phenoxy) is 1. The maximum Gasteiger partial charge on any atom is 0.306 e. The van der Waals surface area contributed by atoms with Gasteiger partial charge in [0.05, 0.1) is 0 Å². The first-order valence-corrected chi connectivity index (χ1v) is 5.97. The highest BCUT2D eigenvalue weighted by atomic mass is 16.5. The summed E-state index contributed by atoms with van der Waals surface area (Å²) in [6.45, 7) is 4.45. The Morgan fingerprint density at radius 2 is 2.00 bits per heavy atom. The van der Waals surface area contributed by atoms with Crippen molar-refractivity contribution in [3.05, 3.63) is 11.6 Å². The van der Waals surface area contributed by atoms with Gasteiger partial charge in [-0.1, -0.05) is 31.3 Å². The van der Waals surface area contributed by atoms with Crippen LogP contribution in [-0.4, -0.2) is 12.6 Å². The third-order valence-corrected chi connectivity index (χ3v) is 2.97. The van der Waals surface area contributed by atoms with Crippen LogP contribution < -0.4 is 0 Å². The van der Waals surface area contributed by atoms with Gasteiger partial charge >= 0.3 is 5.97 Å². The van der Waals surface area contributed by atoms with Crippen molar-refractivity contribution in [2.45, 2.75) is 52.4 Å². The SMILES string of the molecule is CC(C)=CCOC(=O)CCC1CCCC1. The molecule has 0 unspecified atom stereocenters. The molecular formula is C13H22O2. The van der Waals surface area contributed by atoms with E-state index in [1.54, 1.807) is 0 Å². The number of hydrogen-bond donors (Lipinski definition) is 0. The van der Waals surface area contributed by atoms with Crippen LogP contribution in [0.15, 0.2) is 11.6 Å². The third kappa shape index (κ3) is 5.60. The van der Waals surface area contributed by atoms with Gasteiger partial charge in [0, 0.05) is 6.42 Å². The summed E-state index contributed by atoms with van der Waals surface area (Å²) in [5.41, 5.74) is 1.19. The van der Waals surface area contributed by atoms with Gasteiger partial charge in [-0.2, -0.15) is 0 Å². The molecule has 0 heterocycles. The second kappa shape index (κ2) is 6.65. The van der Waals surface area contributed by atoms with Crippen LogP contribution in [0.4, 0.5) is 0 Å². The predicted octanol–water partition coefficient (Wildman–Crippen LogP) is 3.47. The quantitative estimate of drug-likeness (QED) is 0.513. The zero-order valence-electron chi connectivity index (χ0n) is 9.92. The Bertz CT molecular complexity index is 221. The van der Waals surface area contributed by atoms with Gasteiger partial charge < -0.3 is 4.74 Å². The molecule has 1 aliphatic carbocycles. The fourth-order valence-corrected chi connectivity index (χ4v) is 1.99. The highest BCUT2D eigenvalue weighted by Crippen LogP contribution is 2.28. The van der Waals surface area contributed by atoms with Gasteiger partial charge in [0.15, 0.2) is 0 Å². The minimum absolute atomic E-state index is 0.0422. The second-order valence-electron chi connectivity index (χ2n) is 4.65. The van der Waals surface area contributed by atoms with Crippen molar-refractivity contribution in [3.63, 3.8) is 0 Å². The van der Waals surface area contributed by atoms with Gasteiger partial charge in [0.2, 0.25) is 0 Å². The van der Waals surface area contributed by atoms with Crippen molar-refractivity contribution in [1.29, 1.82) is 0 Å². The molecule has 0 saturated heterocycles. The Morgan fingerprint density at radius 3 is 2.60 bits per heavy atom. The molecule has 1 aliphatic rings. The standard InChI is InChI=1S/C13H22O2/c1-11(2)9-10-15-13(14)8-7-12-5-3-4-6-12/h9,12H,3-8,10H2,1-2H3. The Hall–Kier alpha value is -0.790. The molecule has 15 heavy (non-hydrogen) atoms. The molecule has 0 amide bonds. The van der Waals surface area contributed by atoms with Gasteiger partial charge in [-0.15, -0.1) is 0 Å². The summed E-state index contributed by atoms with van der Waals surface area (Å²) in [5.74, 6) is 0.736. The zero-order valence-corrected chi connectivity index (χ0v) is 9.92. The summed E-state index contributed by atoms with van der Waals surface area (Å²) >= 11 is 0. The van der Waals surface area contributed by atoms with Crippen LogP contribution in [0.25, 0.3) is 0 Å². The molecule has 86 valence electrons. The molecule has 0 aromatic heterocycles. The van der Waals surface area contributed by atoms with Crippen LogP contribution >= 0.6 is 0 Å². The van der Waals surface area contributed by atoms with E-state index in [-0.39, 0.29) is 5.97 Å². The van der Waals surface area contributed by atoms with E-state index in [1.807, 2.05) is 19.9 Å². The van der Waals surface area contributed by atoms with Crippen LogP contribution in [0.1, 0.15) is 52.4 Å². The van der Waals surface area contributed by atoms with E-state index in [4.69, 9.17) is 4.74 Å². The van der Waals surface area contributed by atoms with E-state index >= 15 is 0 Å². The average molecular weight is 210 g/mol. The molecule has 1 saturated carbocycles. The fraction of sp³-hybridized carbons (Fsp3) is 0.769. The minimum atomic E-state index is -0.0422. The van der Waals surface area contributed by atoms with E-state index in [1.165, 1.54) is 31.3 Å². The van der Waals surface area contributed by atoms with Gasteiger partial charge in [0.1, 0.15) is 6.61 Å². The molecule has 0 aromatic carbocycles. The lowest BCUT2D eigenvalue weighted by Gasteiger charge is -2.07. The number of allylic oxidation sites excluding steroid dienone is 1. The normalized spacial score (nSPS) is 16.4. The monoisotopic (exact) mass is 210 g/mol. The van der Waals surface area contributed by atoms with E-state index in [2.05, 4.69) is 0 Å². The highest BCUT2D eigenvalue weighted by Gasteiger charge is 2.16. The molecule has 0 atom stereocenters. The molecule has 2 nitrogen and oxygen atoms in total. The molecule has 0 radical (unpaired) electrons. The van der Waals surface area contributed by atoms with E-state index in [0.29, 0.717) is 13.0 Å². The molecular weight excluding hydrogens is 188 g/mol. The summed E-state index contributed by atoms with van der Waals surface area (Å²) in [6, 6.07) is 0. The Morgan fingerprint density at radius 1 is 1.33 bits per heavy atom. The highest BCUT2D eigenvalue weighted by molar-refractivity contribution is 5.69. The first-order valence-electron chi connectivity index (χ1n) is 5.97. The summed E-state index contributed by atoms with van der Waals surface area (Å²) in [6.07, 6.45) is 8.86. The molecule has 0 N–H and O–H groups in total. The number of carbonyl (C=O) groups excluding carboxylic acids is 1. The van der Waals surface area contributed by atoms with Crippen LogP contribution in [0.2, 0.25) is 0 Å². The first kappa shape index (κ1) is 12.3. The number of rotatable bonds is 5. The predicted molar refractivity (Wildman–Crippen MR) is 61.6 cm³/mol. The summed E-state index contributed by atoms with van der Waals surface area (Å²) in [4.78, 5) is 11.3. The number of carbonyl (C=O) groups is 1. The average Bonchev–Trinajstić information content (AvgIpc) is 2.66. The maximum absolute atomic E-state index is 11.3. The van der Waals surface area contributed by atoms with Crippen LogP contribution in [-0.2, 0) is 9.53 Å². The third-order valence-electron chi connectivity index (χ3n) is 2.97. The van der Waals surface area contributed by atoms with Crippen LogP contribution in [0.3, 0.4) is 0 Å². The molecule has 1 rings (SSSR count). The fourth-order valence-electron chi connectivity index (χ4n) is 1.99. The van der Waals surface area contributed by atoms with Crippen molar-refractivity contribution in [2.75, 3.05) is 6.61 Å². The van der Waals surface area contributed by atoms with Gasteiger partial charge in [-0.3, -0.25) is 4.79 Å². The van der Waals surface area contributed by atoms with E-state index in [9.17, 15) is 4.79 Å². The Labute approximate surface area is 92.7 Å². The number of esters is 1. The topological polar surface area (TPSA) is 26.3 Å². The molecule has 0 spiro atoms. The molecule has 2 heteroatoms. The number of hydrogen-bond acceptors (Lipinski definition) is 2. The van der Waals surface area contributed by atoms with Gasteiger partial charge in [0.25, 0.3) is 0 Å². The Balaban J connectivity index is 2.05. The lowest BCUT2D eigenvalue weighted by atomic mass is 10.0. The van der Waals surface area contributed by atoms with Crippen LogP contribution in [0, 0.1) is 5.92 Å². The molecule has 0 bridgehead atoms. The van der Waals surface area contributed by atoms with Crippen molar-refractivity contribution in [2.24, 2.45) is 5.92 Å². The van der Waals surface area contributed by atoms with Crippen molar-refractivity contribution < 1.29 is 9.53 Å². The largest absolute Gasteiger partial charge is 0.461 e. The molecule has 1 fully saturated rings. The lowest BCUT2D eigenvalue weighted by molar-refractivity contribution is -0.142. The van der Waals surface area contributed by atoms with Gasteiger partial charge in [-0.25, -0.2) is 0 Å². The lowest BCUT2D eigenvalue weighted by Crippen LogP contribution is -2.06.